The van der Waals surface area contributed by atoms with Crippen LogP contribution in [0.15, 0.2) is 254 Å². The topological polar surface area (TPSA) is 145 Å². The van der Waals surface area contributed by atoms with Crippen molar-refractivity contribution < 1.29 is 0 Å². The lowest BCUT2D eigenvalue weighted by atomic mass is 9.95. The van der Waals surface area contributed by atoms with Crippen LogP contribution in [0.1, 0.15) is 0 Å². The van der Waals surface area contributed by atoms with Crippen LogP contribution in [0.5, 0.6) is 0 Å². The largest absolute Gasteiger partial charge is 0.309 e. The first kappa shape index (κ1) is 45.7. The van der Waals surface area contributed by atoms with Crippen molar-refractivity contribution in [3.63, 3.8) is 0 Å². The van der Waals surface area contributed by atoms with E-state index in [9.17, 15) is 0 Å². The molecular formula is C67H41N13O. The molecule has 9 aromatic heterocycles. The van der Waals surface area contributed by atoms with Crippen molar-refractivity contribution in [1.29, 1.82) is 0 Å². The molecule has 14 heteroatoms. The first-order valence-corrected chi connectivity index (χ1v) is 26.5. The molecule has 16 aromatic rings. The molecule has 0 aliphatic rings. The molecule has 0 spiro atoms. The zero-order chi connectivity index (χ0) is 53.5. The highest BCUT2D eigenvalue weighted by Gasteiger charge is 2.30. The van der Waals surface area contributed by atoms with Gasteiger partial charge in [-0.2, -0.15) is 0 Å². The Hall–Kier alpha value is -11.5. The first-order chi connectivity index (χ1) is 40.1. The Balaban J connectivity index is 1.14. The Bertz CT molecular complexity index is 4880. The summed E-state index contributed by atoms with van der Waals surface area (Å²) in [6.45, 7) is 0. The molecule has 16 rings (SSSR count). The number of benzene rings is 7. The van der Waals surface area contributed by atoms with Crippen LogP contribution in [0.2, 0.25) is 0 Å². The van der Waals surface area contributed by atoms with E-state index < -0.39 is 0 Å². The predicted octanol–water partition coefficient (Wildman–Crippen LogP) is 13.7. The Labute approximate surface area is 460 Å². The monoisotopic (exact) mass is 1040 g/mol. The Kier molecular flexibility index (Phi) is 10.3. The molecule has 0 saturated heterocycles. The average Bonchev–Trinajstić information content (AvgIpc) is 4.53. The summed E-state index contributed by atoms with van der Waals surface area (Å²) in [5.74, 6) is 2.27. The lowest BCUT2D eigenvalue weighted by Gasteiger charge is -2.22. The Morgan fingerprint density at radius 3 is 0.852 bits per heavy atom. The van der Waals surface area contributed by atoms with E-state index in [1.807, 2.05) is 173 Å². The molecule has 380 valence electrons. The minimum atomic E-state index is -0.244. The third kappa shape index (κ3) is 7.24. The summed E-state index contributed by atoms with van der Waals surface area (Å²) in [6.07, 6.45) is 7.11. The van der Waals surface area contributed by atoms with E-state index in [1.54, 1.807) is 24.8 Å². The van der Waals surface area contributed by atoms with Gasteiger partial charge in [-0.15, -0.1) is 0 Å². The van der Waals surface area contributed by atoms with Crippen molar-refractivity contribution in [2.24, 2.45) is 0 Å². The van der Waals surface area contributed by atoms with Gasteiger partial charge in [0.25, 0.3) is 0 Å². The summed E-state index contributed by atoms with van der Waals surface area (Å²) >= 11 is 0. The minimum Gasteiger partial charge on any atom is -0.309 e. The van der Waals surface area contributed by atoms with Gasteiger partial charge in [0.1, 0.15) is 45.4 Å². The highest BCUT2D eigenvalue weighted by atomic mass is 16.1. The smallest absolute Gasteiger partial charge is 0.198 e. The summed E-state index contributed by atoms with van der Waals surface area (Å²) in [5.41, 5.74) is 13.1. The highest BCUT2D eigenvalue weighted by Crippen LogP contribution is 2.43. The molecule has 0 atom stereocenters. The molecule has 7 aromatic carbocycles. The van der Waals surface area contributed by atoms with Gasteiger partial charge in [0.15, 0.2) is 28.0 Å². The van der Waals surface area contributed by atoms with Gasteiger partial charge in [0.2, 0.25) is 0 Å². The van der Waals surface area contributed by atoms with Gasteiger partial charge >= 0.3 is 0 Å². The van der Waals surface area contributed by atoms with Gasteiger partial charge in [-0.3, -0.25) is 23.1 Å². The fourth-order valence-electron chi connectivity index (χ4n) is 11.5. The van der Waals surface area contributed by atoms with E-state index in [4.69, 9.17) is 39.9 Å². The number of imidazole rings is 4. The van der Waals surface area contributed by atoms with Crippen molar-refractivity contribution in [2.45, 2.75) is 0 Å². The van der Waals surface area contributed by atoms with Crippen molar-refractivity contribution in [1.82, 2.24) is 62.7 Å². The normalized spacial score (nSPS) is 11.8. The maximum atomic E-state index is 17.2. The van der Waals surface area contributed by atoms with Gasteiger partial charge in [0, 0.05) is 75.5 Å². The summed E-state index contributed by atoms with van der Waals surface area (Å²) in [5, 5.41) is 0.830. The quantitative estimate of drug-likeness (QED) is 0.129. The van der Waals surface area contributed by atoms with Crippen molar-refractivity contribution in [2.75, 3.05) is 0 Å². The van der Waals surface area contributed by atoms with Crippen molar-refractivity contribution in [3.05, 3.63) is 259 Å². The van der Waals surface area contributed by atoms with Gasteiger partial charge in [-0.1, -0.05) is 91.0 Å². The minimum absolute atomic E-state index is 0.244. The lowest BCUT2D eigenvalue weighted by molar-refractivity contribution is 1.07. The van der Waals surface area contributed by atoms with Gasteiger partial charge in [-0.25, -0.2) is 39.9 Å². The van der Waals surface area contributed by atoms with Crippen LogP contribution in [0.4, 0.5) is 0 Å². The molecule has 0 saturated carbocycles. The molecule has 14 nitrogen and oxygen atoms in total. The van der Waals surface area contributed by atoms with Crippen LogP contribution in [0.3, 0.4) is 0 Å². The fourth-order valence-corrected chi connectivity index (χ4v) is 11.5. The molecule has 0 N–H and O–H groups in total. The summed E-state index contributed by atoms with van der Waals surface area (Å²) in [6, 6.07) is 74.1. The second kappa shape index (κ2) is 18.3. The van der Waals surface area contributed by atoms with E-state index >= 15 is 4.79 Å². The third-order valence-corrected chi connectivity index (χ3v) is 14.9. The Morgan fingerprint density at radius 2 is 0.543 bits per heavy atom. The van der Waals surface area contributed by atoms with Gasteiger partial charge in [-0.05, 0) is 133 Å². The standard InChI is InChI=1S/C67H41N13O/c81-59-57-49(62-74-53-32-18-36-70-66(53)79(62)47-26-12-4-13-27-47)38-42(60-72-51-30-16-34-68-64(51)77(60)45-22-8-2-9-23-45)40-55(57)76(44-20-6-1-7-21-44)56-41-43(61-73-52-31-17-35-69-65(52)78(61)46-24-10-3-11-25-46)39-50(58(56)59)63-75-54-33-19-37-71-67(54)80(63)48-28-14-5-15-29-48/h1-41H. The zero-order valence-corrected chi connectivity index (χ0v) is 42.9. The van der Waals surface area contributed by atoms with Crippen LogP contribution in [0, 0.1) is 0 Å². The van der Waals surface area contributed by atoms with Crippen LogP contribution in [-0.2, 0) is 0 Å². The molecule has 0 bridgehead atoms. The van der Waals surface area contributed by atoms with Crippen LogP contribution < -0.4 is 5.43 Å². The molecule has 0 radical (unpaired) electrons. The number of para-hydroxylation sites is 5. The second-order valence-corrected chi connectivity index (χ2v) is 19.6. The Morgan fingerprint density at radius 1 is 0.272 bits per heavy atom. The van der Waals surface area contributed by atoms with E-state index in [0.29, 0.717) is 112 Å². The zero-order valence-electron chi connectivity index (χ0n) is 42.9. The molecule has 0 fully saturated rings. The van der Waals surface area contributed by atoms with E-state index in [0.717, 1.165) is 28.4 Å². The van der Waals surface area contributed by atoms with E-state index in [-0.39, 0.29) is 5.43 Å². The van der Waals surface area contributed by atoms with Gasteiger partial charge in [0.05, 0.1) is 21.8 Å². The predicted molar refractivity (Wildman–Crippen MR) is 318 cm³/mol. The van der Waals surface area contributed by atoms with Crippen molar-refractivity contribution in [3.8, 4) is 74.0 Å². The van der Waals surface area contributed by atoms with Crippen LogP contribution in [0.25, 0.3) is 140 Å². The average molecular weight is 1040 g/mol. The summed E-state index contributed by atoms with van der Waals surface area (Å²) in [4.78, 5) is 58.5. The lowest BCUT2D eigenvalue weighted by Crippen LogP contribution is -2.15. The second-order valence-electron chi connectivity index (χ2n) is 19.6. The molecule has 0 unspecified atom stereocenters. The molecule has 0 aliphatic heterocycles. The number of rotatable bonds is 9. The summed E-state index contributed by atoms with van der Waals surface area (Å²) < 4.78 is 10.4. The molecule has 9 heterocycles. The highest BCUT2D eigenvalue weighted by molar-refractivity contribution is 6.10. The van der Waals surface area contributed by atoms with Crippen LogP contribution >= 0.6 is 0 Å². The van der Waals surface area contributed by atoms with E-state index in [1.165, 1.54) is 0 Å². The molecule has 0 amide bonds. The summed E-state index contributed by atoms with van der Waals surface area (Å²) in [7, 11) is 0. The number of aromatic nitrogens is 13. The molecule has 81 heavy (non-hydrogen) atoms. The molecular weight excluding hydrogens is 1000 g/mol. The SMILES string of the molecule is O=c1c2c(-c3nc4cccnc4n3-c3ccccc3)cc(-c3nc4cccnc4n3-c3ccccc3)cc2n(-c2ccccc2)c2cc(-c3nc4cccnc4n3-c3ccccc3)cc(-c3nc4cccnc4n3-c3ccccc3)c12. The van der Waals surface area contributed by atoms with Gasteiger partial charge < -0.3 is 4.57 Å². The number of nitrogens with zero attached hydrogens (tertiary/aromatic N) is 13. The van der Waals surface area contributed by atoms with Crippen LogP contribution in [-0.4, -0.2) is 62.7 Å². The molecule has 0 aliphatic carbocycles. The maximum absolute atomic E-state index is 17.2. The van der Waals surface area contributed by atoms with Crippen molar-refractivity contribution >= 4 is 66.5 Å². The first-order valence-electron chi connectivity index (χ1n) is 26.5. The van der Waals surface area contributed by atoms with E-state index in [2.05, 4.69) is 74.4 Å². The number of hydrogen-bond acceptors (Lipinski definition) is 9. The fraction of sp³-hybridized carbons (Fsp3) is 0. The number of hydrogen-bond donors (Lipinski definition) is 0. The number of fused-ring (bicyclic) bond motifs is 6. The third-order valence-electron chi connectivity index (χ3n) is 14.9. The maximum Gasteiger partial charge on any atom is 0.198 e. The number of pyridine rings is 5.